The van der Waals surface area contributed by atoms with Crippen molar-refractivity contribution in [1.82, 2.24) is 4.98 Å². The maximum Gasteiger partial charge on any atom is 0.339 e. The van der Waals surface area contributed by atoms with Crippen LogP contribution in [0.5, 0.6) is 0 Å². The highest BCUT2D eigenvalue weighted by Gasteiger charge is 2.17. The molecule has 0 radical (unpaired) electrons. The van der Waals surface area contributed by atoms with Crippen molar-refractivity contribution in [2.45, 2.75) is 39.7 Å². The van der Waals surface area contributed by atoms with Crippen LogP contribution in [0.3, 0.4) is 0 Å². The summed E-state index contributed by atoms with van der Waals surface area (Å²) in [7, 11) is 0. The molecule has 2 aromatic heterocycles. The first-order valence-electron chi connectivity index (χ1n) is 6.98. The largest absolute Gasteiger partial charge is 0.478 e. The number of nitrogens with zero attached hydrogens (tertiary/aromatic N) is 1. The van der Waals surface area contributed by atoms with Gasteiger partial charge in [-0.3, -0.25) is 0 Å². The van der Waals surface area contributed by atoms with Crippen molar-refractivity contribution in [3.05, 3.63) is 47.0 Å². The van der Waals surface area contributed by atoms with Gasteiger partial charge in [0.15, 0.2) is 0 Å². The molecule has 1 unspecified atom stereocenters. The third-order valence-electron chi connectivity index (χ3n) is 3.35. The van der Waals surface area contributed by atoms with Gasteiger partial charge < -0.3 is 14.8 Å². The van der Waals surface area contributed by atoms with Gasteiger partial charge in [-0.2, -0.15) is 0 Å². The highest BCUT2D eigenvalue weighted by atomic mass is 16.4. The van der Waals surface area contributed by atoms with E-state index >= 15 is 0 Å². The summed E-state index contributed by atoms with van der Waals surface area (Å²) in [6.07, 6.45) is 3.29. The fraction of sp³-hybridized carbons (Fsp3) is 0.375. The molecule has 112 valence electrons. The van der Waals surface area contributed by atoms with Gasteiger partial charge in [0.05, 0.1) is 6.26 Å². The number of nitrogens with one attached hydrogen (secondary N) is 1. The number of furan rings is 1. The lowest BCUT2D eigenvalue weighted by Gasteiger charge is -2.17. The molecule has 5 nitrogen and oxygen atoms in total. The Morgan fingerprint density at radius 3 is 2.86 bits per heavy atom. The van der Waals surface area contributed by atoms with Gasteiger partial charge in [0.1, 0.15) is 17.1 Å². The van der Waals surface area contributed by atoms with E-state index in [1.807, 2.05) is 26.0 Å². The Bertz CT molecular complexity index is 621. The molecule has 0 aliphatic rings. The van der Waals surface area contributed by atoms with E-state index in [4.69, 9.17) is 4.42 Å². The fourth-order valence-electron chi connectivity index (χ4n) is 2.33. The van der Waals surface area contributed by atoms with Crippen molar-refractivity contribution in [1.29, 1.82) is 0 Å². The maximum absolute atomic E-state index is 11.4. The summed E-state index contributed by atoms with van der Waals surface area (Å²) >= 11 is 0. The van der Waals surface area contributed by atoms with Crippen molar-refractivity contribution in [2.75, 3.05) is 5.32 Å². The molecule has 5 heteroatoms. The van der Waals surface area contributed by atoms with Crippen molar-refractivity contribution < 1.29 is 14.3 Å². The molecule has 0 saturated heterocycles. The molecule has 0 aliphatic carbocycles. The van der Waals surface area contributed by atoms with Crippen LogP contribution in [-0.2, 0) is 6.42 Å². The second kappa shape index (κ2) is 6.43. The zero-order valence-corrected chi connectivity index (χ0v) is 12.5. The monoisotopic (exact) mass is 288 g/mol. The highest BCUT2D eigenvalue weighted by molar-refractivity contribution is 5.94. The first-order chi connectivity index (χ1) is 9.97. The molecule has 2 heterocycles. The summed E-state index contributed by atoms with van der Waals surface area (Å²) in [5, 5.41) is 12.5. The van der Waals surface area contributed by atoms with Gasteiger partial charge in [0, 0.05) is 18.2 Å². The fourth-order valence-corrected chi connectivity index (χ4v) is 2.33. The summed E-state index contributed by atoms with van der Waals surface area (Å²) in [6.45, 7) is 5.65. The Kier molecular flexibility index (Phi) is 4.62. The SMILES string of the molecule is Cc1cc(C)c(C(=O)O)c(NC(C)CCc2ccco2)n1. The van der Waals surface area contributed by atoms with E-state index in [-0.39, 0.29) is 11.6 Å². The van der Waals surface area contributed by atoms with E-state index in [0.29, 0.717) is 5.82 Å². The Morgan fingerprint density at radius 1 is 1.48 bits per heavy atom. The molecule has 2 aromatic rings. The summed E-state index contributed by atoms with van der Waals surface area (Å²) in [4.78, 5) is 15.7. The van der Waals surface area contributed by atoms with Crippen molar-refractivity contribution >= 4 is 11.8 Å². The normalized spacial score (nSPS) is 12.1. The Morgan fingerprint density at radius 2 is 2.24 bits per heavy atom. The molecule has 0 aromatic carbocycles. The molecule has 0 amide bonds. The van der Waals surface area contributed by atoms with Crippen LogP contribution in [0.1, 0.15) is 40.7 Å². The van der Waals surface area contributed by atoms with Crippen LogP contribution in [0.15, 0.2) is 28.9 Å². The third kappa shape index (κ3) is 3.84. The van der Waals surface area contributed by atoms with Crippen LogP contribution in [0.4, 0.5) is 5.82 Å². The average Bonchev–Trinajstić information content (AvgIpc) is 2.87. The number of anilines is 1. The number of aromatic nitrogens is 1. The van der Waals surface area contributed by atoms with E-state index in [0.717, 1.165) is 29.9 Å². The smallest absolute Gasteiger partial charge is 0.339 e. The van der Waals surface area contributed by atoms with Gasteiger partial charge >= 0.3 is 5.97 Å². The van der Waals surface area contributed by atoms with Crippen LogP contribution >= 0.6 is 0 Å². The van der Waals surface area contributed by atoms with E-state index in [1.54, 1.807) is 19.3 Å². The van der Waals surface area contributed by atoms with Crippen molar-refractivity contribution in [3.8, 4) is 0 Å². The second-order valence-corrected chi connectivity index (χ2v) is 5.27. The molecular formula is C16H20N2O3. The van der Waals surface area contributed by atoms with E-state index in [1.165, 1.54) is 0 Å². The molecule has 2 rings (SSSR count). The zero-order chi connectivity index (χ0) is 15.4. The first kappa shape index (κ1) is 15.1. The lowest BCUT2D eigenvalue weighted by atomic mass is 10.1. The zero-order valence-electron chi connectivity index (χ0n) is 12.5. The Balaban J connectivity index is 2.09. The number of rotatable bonds is 6. The second-order valence-electron chi connectivity index (χ2n) is 5.27. The van der Waals surface area contributed by atoms with Gasteiger partial charge in [-0.15, -0.1) is 0 Å². The molecular weight excluding hydrogens is 268 g/mol. The van der Waals surface area contributed by atoms with E-state index in [2.05, 4.69) is 10.3 Å². The van der Waals surface area contributed by atoms with Gasteiger partial charge in [-0.1, -0.05) is 0 Å². The number of aromatic carboxylic acids is 1. The molecule has 0 spiro atoms. The Hall–Kier alpha value is -2.30. The topological polar surface area (TPSA) is 75.4 Å². The van der Waals surface area contributed by atoms with Gasteiger partial charge in [-0.05, 0) is 51.0 Å². The quantitative estimate of drug-likeness (QED) is 0.851. The van der Waals surface area contributed by atoms with Crippen LogP contribution in [-0.4, -0.2) is 22.1 Å². The van der Waals surface area contributed by atoms with E-state index in [9.17, 15) is 9.90 Å². The summed E-state index contributed by atoms with van der Waals surface area (Å²) < 4.78 is 5.30. The number of carboxylic acids is 1. The molecule has 0 fully saturated rings. The molecule has 21 heavy (non-hydrogen) atoms. The number of pyridine rings is 1. The van der Waals surface area contributed by atoms with Crippen LogP contribution in [0.2, 0.25) is 0 Å². The number of carboxylic acid groups (broad SMARTS) is 1. The predicted octanol–water partition coefficient (Wildman–Crippen LogP) is 3.42. The van der Waals surface area contributed by atoms with Crippen molar-refractivity contribution in [3.63, 3.8) is 0 Å². The summed E-state index contributed by atoms with van der Waals surface area (Å²) in [5.74, 6) is 0.406. The van der Waals surface area contributed by atoms with Crippen molar-refractivity contribution in [2.24, 2.45) is 0 Å². The van der Waals surface area contributed by atoms with Crippen LogP contribution < -0.4 is 5.32 Å². The maximum atomic E-state index is 11.4. The number of hydrogen-bond acceptors (Lipinski definition) is 4. The number of carbonyl (C=O) groups is 1. The molecule has 2 N–H and O–H groups in total. The molecule has 0 aliphatic heterocycles. The molecule has 1 atom stereocenters. The molecule has 0 bridgehead atoms. The molecule has 0 saturated carbocycles. The minimum absolute atomic E-state index is 0.0990. The van der Waals surface area contributed by atoms with Crippen LogP contribution in [0, 0.1) is 13.8 Å². The minimum Gasteiger partial charge on any atom is -0.478 e. The number of hydrogen-bond donors (Lipinski definition) is 2. The van der Waals surface area contributed by atoms with Gasteiger partial charge in [-0.25, -0.2) is 9.78 Å². The lowest BCUT2D eigenvalue weighted by Crippen LogP contribution is -2.20. The lowest BCUT2D eigenvalue weighted by molar-refractivity contribution is 0.0696. The first-order valence-corrected chi connectivity index (χ1v) is 6.98. The minimum atomic E-state index is -0.958. The predicted molar refractivity (Wildman–Crippen MR) is 80.8 cm³/mol. The number of aryl methyl sites for hydroxylation is 3. The van der Waals surface area contributed by atoms with Gasteiger partial charge in [0.25, 0.3) is 0 Å². The van der Waals surface area contributed by atoms with Gasteiger partial charge in [0.2, 0.25) is 0 Å². The summed E-state index contributed by atoms with van der Waals surface area (Å²) in [5.41, 5.74) is 1.76. The third-order valence-corrected chi connectivity index (χ3v) is 3.35. The average molecular weight is 288 g/mol. The van der Waals surface area contributed by atoms with E-state index < -0.39 is 5.97 Å². The summed E-state index contributed by atoms with van der Waals surface area (Å²) in [6, 6.07) is 5.68. The van der Waals surface area contributed by atoms with Crippen LogP contribution in [0.25, 0.3) is 0 Å². The standard InChI is InChI=1S/C16H20N2O3/c1-10-9-12(3)18-15(14(10)16(19)20)17-11(2)6-7-13-5-4-8-21-13/h4-5,8-9,11H,6-7H2,1-3H3,(H,17,18)(H,19,20). The Labute approximate surface area is 124 Å². The highest BCUT2D eigenvalue weighted by Crippen LogP contribution is 2.20.